The third-order valence-corrected chi connectivity index (χ3v) is 5.01. The van der Waals surface area contributed by atoms with Gasteiger partial charge in [-0.15, -0.1) is 0 Å². The lowest BCUT2D eigenvalue weighted by Crippen LogP contribution is -2.25. The Morgan fingerprint density at radius 3 is 1.33 bits per heavy atom. The van der Waals surface area contributed by atoms with Crippen LogP contribution >= 0.6 is 0 Å². The highest BCUT2D eigenvalue weighted by molar-refractivity contribution is 5.81. The standard InChI is InChI=1S/C20H40O/c1-5-7-9-11-13-15-17-20(4,19(3)21)18-16-14-12-10-8-6-2/h5-18H2,1-4H3. The Bertz CT molecular complexity index is 228. The maximum absolute atomic E-state index is 12.0. The van der Waals surface area contributed by atoms with Crippen LogP contribution in [0.25, 0.3) is 0 Å². The van der Waals surface area contributed by atoms with Crippen LogP contribution in [-0.2, 0) is 4.79 Å². The van der Waals surface area contributed by atoms with Crippen molar-refractivity contribution >= 4 is 5.78 Å². The molecule has 0 aliphatic carbocycles. The van der Waals surface area contributed by atoms with Gasteiger partial charge >= 0.3 is 0 Å². The lowest BCUT2D eigenvalue weighted by Gasteiger charge is -2.27. The van der Waals surface area contributed by atoms with Crippen molar-refractivity contribution in [1.82, 2.24) is 0 Å². The molecule has 0 aromatic carbocycles. The van der Waals surface area contributed by atoms with E-state index in [0.29, 0.717) is 5.78 Å². The molecule has 0 aliphatic heterocycles. The first-order valence-electron chi connectivity index (χ1n) is 9.58. The van der Waals surface area contributed by atoms with Crippen LogP contribution in [0.4, 0.5) is 0 Å². The van der Waals surface area contributed by atoms with E-state index in [1.54, 1.807) is 6.92 Å². The van der Waals surface area contributed by atoms with Crippen molar-refractivity contribution in [3.63, 3.8) is 0 Å². The predicted molar refractivity (Wildman–Crippen MR) is 94.8 cm³/mol. The smallest absolute Gasteiger partial charge is 0.135 e. The molecular weight excluding hydrogens is 256 g/mol. The fraction of sp³-hybridized carbons (Fsp3) is 0.950. The molecule has 0 saturated carbocycles. The van der Waals surface area contributed by atoms with Gasteiger partial charge in [-0.2, -0.15) is 0 Å². The van der Waals surface area contributed by atoms with E-state index in [9.17, 15) is 4.79 Å². The normalized spacial score (nSPS) is 11.8. The minimum Gasteiger partial charge on any atom is -0.299 e. The average molecular weight is 297 g/mol. The summed E-state index contributed by atoms with van der Waals surface area (Å²) in [5.74, 6) is 0.407. The monoisotopic (exact) mass is 296 g/mol. The molecule has 0 N–H and O–H groups in total. The molecule has 0 heterocycles. The van der Waals surface area contributed by atoms with Gasteiger partial charge in [0.2, 0.25) is 0 Å². The Balaban J connectivity index is 3.82. The minimum absolute atomic E-state index is 0.0461. The Morgan fingerprint density at radius 1 is 0.667 bits per heavy atom. The van der Waals surface area contributed by atoms with Crippen LogP contribution in [0.5, 0.6) is 0 Å². The average Bonchev–Trinajstić information content (AvgIpc) is 2.46. The Hall–Kier alpha value is -0.330. The highest BCUT2D eigenvalue weighted by Crippen LogP contribution is 2.32. The van der Waals surface area contributed by atoms with Gasteiger partial charge < -0.3 is 0 Å². The van der Waals surface area contributed by atoms with E-state index in [-0.39, 0.29) is 5.41 Å². The Morgan fingerprint density at radius 2 is 1.00 bits per heavy atom. The van der Waals surface area contributed by atoms with Crippen LogP contribution in [0.2, 0.25) is 0 Å². The van der Waals surface area contributed by atoms with E-state index in [1.807, 2.05) is 0 Å². The second-order valence-electron chi connectivity index (χ2n) is 7.15. The molecule has 0 fully saturated rings. The quantitative estimate of drug-likeness (QED) is 0.295. The molecule has 0 spiro atoms. The number of hydrogen-bond acceptors (Lipinski definition) is 1. The summed E-state index contributed by atoms with van der Waals surface area (Å²) in [6, 6.07) is 0. The number of ketones is 1. The third kappa shape index (κ3) is 11.0. The fourth-order valence-electron chi connectivity index (χ4n) is 3.07. The second-order valence-corrected chi connectivity index (χ2v) is 7.15. The van der Waals surface area contributed by atoms with Crippen LogP contribution < -0.4 is 0 Å². The van der Waals surface area contributed by atoms with Crippen LogP contribution in [0.15, 0.2) is 0 Å². The molecule has 0 unspecified atom stereocenters. The number of rotatable bonds is 15. The first-order chi connectivity index (χ1) is 10.1. The number of carbonyl (C=O) groups excluding carboxylic acids is 1. The number of unbranched alkanes of at least 4 members (excludes halogenated alkanes) is 10. The summed E-state index contributed by atoms with van der Waals surface area (Å²) in [4.78, 5) is 12.0. The summed E-state index contributed by atoms with van der Waals surface area (Å²) in [7, 11) is 0. The number of hydrogen-bond donors (Lipinski definition) is 0. The highest BCUT2D eigenvalue weighted by Gasteiger charge is 2.28. The van der Waals surface area contributed by atoms with E-state index < -0.39 is 0 Å². The molecule has 126 valence electrons. The molecule has 0 aromatic heterocycles. The van der Waals surface area contributed by atoms with Gasteiger partial charge in [-0.25, -0.2) is 0 Å². The number of Topliss-reactive ketones (excluding diaryl/α,β-unsaturated/α-hetero) is 1. The van der Waals surface area contributed by atoms with Gasteiger partial charge in [-0.1, -0.05) is 97.8 Å². The van der Waals surface area contributed by atoms with Gasteiger partial charge in [0, 0.05) is 5.41 Å². The summed E-state index contributed by atoms with van der Waals surface area (Å²) < 4.78 is 0. The van der Waals surface area contributed by atoms with Crippen LogP contribution in [0.3, 0.4) is 0 Å². The first-order valence-corrected chi connectivity index (χ1v) is 9.58. The molecule has 0 atom stereocenters. The van der Waals surface area contributed by atoms with E-state index in [4.69, 9.17) is 0 Å². The minimum atomic E-state index is -0.0461. The molecule has 0 saturated heterocycles. The zero-order valence-corrected chi connectivity index (χ0v) is 15.3. The molecule has 0 aliphatic rings. The fourth-order valence-corrected chi connectivity index (χ4v) is 3.07. The van der Waals surface area contributed by atoms with E-state index in [2.05, 4.69) is 20.8 Å². The molecule has 0 bridgehead atoms. The van der Waals surface area contributed by atoms with E-state index >= 15 is 0 Å². The van der Waals surface area contributed by atoms with Gasteiger partial charge in [-0.05, 0) is 19.8 Å². The Labute approximate surface area is 134 Å². The first kappa shape index (κ1) is 20.7. The van der Waals surface area contributed by atoms with Crippen LogP contribution in [0.1, 0.15) is 118 Å². The highest BCUT2D eigenvalue weighted by atomic mass is 16.1. The Kier molecular flexibility index (Phi) is 13.1. The van der Waals surface area contributed by atoms with Gasteiger partial charge in [-0.3, -0.25) is 4.79 Å². The van der Waals surface area contributed by atoms with E-state index in [0.717, 1.165) is 12.8 Å². The molecule has 21 heavy (non-hydrogen) atoms. The van der Waals surface area contributed by atoms with Crippen molar-refractivity contribution in [2.24, 2.45) is 5.41 Å². The van der Waals surface area contributed by atoms with Crippen molar-refractivity contribution in [3.05, 3.63) is 0 Å². The summed E-state index contributed by atoms with van der Waals surface area (Å²) in [5.41, 5.74) is -0.0461. The summed E-state index contributed by atoms with van der Waals surface area (Å²) in [5, 5.41) is 0. The van der Waals surface area contributed by atoms with Crippen molar-refractivity contribution in [2.45, 2.75) is 118 Å². The molecule has 1 heteroatoms. The zero-order chi connectivity index (χ0) is 16.0. The molecule has 0 amide bonds. The molecule has 0 rings (SSSR count). The predicted octanol–water partition coefficient (Wildman–Crippen LogP) is 7.08. The van der Waals surface area contributed by atoms with Gasteiger partial charge in [0.15, 0.2) is 0 Å². The molecule has 0 radical (unpaired) electrons. The molecule has 0 aromatic rings. The van der Waals surface area contributed by atoms with Gasteiger partial charge in [0.1, 0.15) is 5.78 Å². The lowest BCUT2D eigenvalue weighted by molar-refractivity contribution is -0.126. The summed E-state index contributed by atoms with van der Waals surface area (Å²) >= 11 is 0. The maximum atomic E-state index is 12.0. The SMILES string of the molecule is CCCCCCCCC(C)(CCCCCCCC)C(C)=O. The molecule has 1 nitrogen and oxygen atoms in total. The van der Waals surface area contributed by atoms with Gasteiger partial charge in [0.25, 0.3) is 0 Å². The van der Waals surface area contributed by atoms with Crippen LogP contribution in [-0.4, -0.2) is 5.78 Å². The van der Waals surface area contributed by atoms with Crippen molar-refractivity contribution in [2.75, 3.05) is 0 Å². The van der Waals surface area contributed by atoms with Crippen molar-refractivity contribution < 1.29 is 4.79 Å². The molecular formula is C20H40O. The lowest BCUT2D eigenvalue weighted by atomic mass is 9.76. The second kappa shape index (κ2) is 13.3. The maximum Gasteiger partial charge on any atom is 0.135 e. The summed E-state index contributed by atoms with van der Waals surface area (Å²) in [6.07, 6.45) is 18.0. The zero-order valence-electron chi connectivity index (χ0n) is 15.3. The third-order valence-electron chi connectivity index (χ3n) is 5.01. The topological polar surface area (TPSA) is 17.1 Å². The number of carbonyl (C=O) groups is 1. The largest absolute Gasteiger partial charge is 0.299 e. The van der Waals surface area contributed by atoms with E-state index in [1.165, 1.54) is 77.0 Å². The van der Waals surface area contributed by atoms with Crippen molar-refractivity contribution in [1.29, 1.82) is 0 Å². The van der Waals surface area contributed by atoms with Crippen LogP contribution in [0, 0.1) is 5.41 Å². The van der Waals surface area contributed by atoms with Crippen molar-refractivity contribution in [3.8, 4) is 0 Å². The summed E-state index contributed by atoms with van der Waals surface area (Å²) in [6.45, 7) is 8.52. The van der Waals surface area contributed by atoms with Gasteiger partial charge in [0.05, 0.1) is 0 Å².